The molecule has 5 rings (SSSR count). The predicted octanol–water partition coefficient (Wildman–Crippen LogP) is 4.62. The first-order chi connectivity index (χ1) is 18.4. The van der Waals surface area contributed by atoms with Crippen LogP contribution in [0.4, 0.5) is 10.1 Å². The molecule has 3 aromatic carbocycles. The summed E-state index contributed by atoms with van der Waals surface area (Å²) in [7, 11) is 0. The van der Waals surface area contributed by atoms with Crippen molar-refractivity contribution in [3.63, 3.8) is 0 Å². The molecule has 0 radical (unpaired) electrons. The Morgan fingerprint density at radius 3 is 2.47 bits per heavy atom. The van der Waals surface area contributed by atoms with Gasteiger partial charge in [0, 0.05) is 12.2 Å². The minimum Gasteiger partial charge on any atom is -0.457 e. The maximum atomic E-state index is 13.4. The molecule has 4 aromatic rings. The van der Waals surface area contributed by atoms with E-state index in [0.717, 1.165) is 6.42 Å². The molecule has 194 valence electrons. The second-order valence-electron chi connectivity index (χ2n) is 9.52. The molecular weight excluding hydrogens is 485 g/mol. The molecule has 1 N–H and O–H groups in total. The number of nitrogens with one attached hydrogen (secondary N) is 1. The monoisotopic (exact) mass is 513 g/mol. The number of hydrogen-bond acceptors (Lipinski definition) is 5. The van der Waals surface area contributed by atoms with Crippen molar-refractivity contribution in [1.82, 2.24) is 19.7 Å². The van der Waals surface area contributed by atoms with Crippen molar-refractivity contribution in [2.75, 3.05) is 11.9 Å². The van der Waals surface area contributed by atoms with Gasteiger partial charge in [0.1, 0.15) is 42.6 Å². The second-order valence-corrected chi connectivity index (χ2v) is 9.52. The number of amides is 2. The van der Waals surface area contributed by atoms with Crippen LogP contribution in [0.5, 0.6) is 11.5 Å². The molecule has 1 saturated heterocycles. The van der Waals surface area contributed by atoms with Crippen molar-refractivity contribution in [1.29, 1.82) is 0 Å². The molecule has 8 nitrogen and oxygen atoms in total. The van der Waals surface area contributed by atoms with Crippen LogP contribution in [0.15, 0.2) is 85.5 Å². The number of carbonyl (C=O) groups is 2. The van der Waals surface area contributed by atoms with E-state index in [1.54, 1.807) is 41.3 Å². The number of rotatable bonds is 8. The summed E-state index contributed by atoms with van der Waals surface area (Å²) in [5.41, 5.74) is 2.96. The summed E-state index contributed by atoms with van der Waals surface area (Å²) in [5, 5.41) is 6.98. The van der Waals surface area contributed by atoms with Crippen molar-refractivity contribution in [2.24, 2.45) is 5.92 Å². The third kappa shape index (κ3) is 6.23. The van der Waals surface area contributed by atoms with Gasteiger partial charge >= 0.3 is 0 Å². The molecule has 2 amide bonds. The van der Waals surface area contributed by atoms with Crippen LogP contribution in [0.3, 0.4) is 0 Å². The molecule has 1 unspecified atom stereocenters. The number of benzene rings is 3. The normalized spacial score (nSPS) is 16.8. The Morgan fingerprint density at radius 1 is 1.05 bits per heavy atom. The molecule has 1 aliphatic rings. The largest absolute Gasteiger partial charge is 0.457 e. The number of carbonyl (C=O) groups excluding carboxylic acids is 2. The number of ether oxygens (including phenoxy) is 1. The highest BCUT2D eigenvalue weighted by atomic mass is 19.1. The summed E-state index contributed by atoms with van der Waals surface area (Å²) in [5.74, 6) is 0.464. The summed E-state index contributed by atoms with van der Waals surface area (Å²) >= 11 is 0. The van der Waals surface area contributed by atoms with Crippen molar-refractivity contribution >= 4 is 17.5 Å². The molecule has 1 aliphatic heterocycles. The Balaban J connectivity index is 1.27. The van der Waals surface area contributed by atoms with E-state index in [4.69, 9.17) is 4.74 Å². The molecule has 1 aromatic heterocycles. The lowest BCUT2D eigenvalue weighted by Gasteiger charge is -2.24. The van der Waals surface area contributed by atoms with Crippen LogP contribution in [-0.2, 0) is 22.6 Å². The highest BCUT2D eigenvalue weighted by Gasteiger charge is 2.39. The minimum atomic E-state index is -0.601. The van der Waals surface area contributed by atoms with Gasteiger partial charge in [-0.05, 0) is 79.8 Å². The van der Waals surface area contributed by atoms with Crippen LogP contribution in [-0.4, -0.2) is 44.1 Å². The summed E-state index contributed by atoms with van der Waals surface area (Å²) in [6.45, 7) is 2.57. The zero-order valence-corrected chi connectivity index (χ0v) is 21.0. The van der Waals surface area contributed by atoms with Crippen LogP contribution in [0, 0.1) is 18.7 Å². The van der Waals surface area contributed by atoms with Crippen molar-refractivity contribution < 1.29 is 18.7 Å². The Labute approximate surface area is 220 Å². The smallest absolute Gasteiger partial charge is 0.247 e. The first kappa shape index (κ1) is 25.1. The molecule has 2 atom stereocenters. The summed E-state index contributed by atoms with van der Waals surface area (Å²) in [6.07, 6.45) is 4.22. The van der Waals surface area contributed by atoms with E-state index < -0.39 is 6.04 Å². The third-order valence-electron chi connectivity index (χ3n) is 6.55. The average molecular weight is 514 g/mol. The van der Waals surface area contributed by atoms with E-state index in [2.05, 4.69) is 40.5 Å². The summed E-state index contributed by atoms with van der Waals surface area (Å²) in [6, 6.07) is 20.4. The lowest BCUT2D eigenvalue weighted by molar-refractivity contribution is -0.137. The van der Waals surface area contributed by atoms with Gasteiger partial charge in [-0.25, -0.2) is 14.1 Å². The van der Waals surface area contributed by atoms with E-state index in [-0.39, 0.29) is 30.1 Å². The number of anilines is 1. The fourth-order valence-electron chi connectivity index (χ4n) is 4.78. The van der Waals surface area contributed by atoms with E-state index >= 15 is 0 Å². The lowest BCUT2D eigenvalue weighted by atomic mass is 9.95. The number of likely N-dealkylation sites (tertiary alicyclic amines) is 1. The van der Waals surface area contributed by atoms with Gasteiger partial charge in [-0.3, -0.25) is 9.59 Å². The topological polar surface area (TPSA) is 89.4 Å². The number of nitrogens with zero attached hydrogens (tertiary/aromatic N) is 4. The van der Waals surface area contributed by atoms with Crippen LogP contribution in [0.25, 0.3) is 0 Å². The van der Waals surface area contributed by atoms with Gasteiger partial charge in [-0.1, -0.05) is 29.8 Å². The van der Waals surface area contributed by atoms with Crippen LogP contribution < -0.4 is 10.1 Å². The van der Waals surface area contributed by atoms with Crippen molar-refractivity contribution in [3.8, 4) is 11.5 Å². The van der Waals surface area contributed by atoms with Gasteiger partial charge in [-0.15, -0.1) is 0 Å². The van der Waals surface area contributed by atoms with Crippen LogP contribution in [0.2, 0.25) is 0 Å². The Kier molecular flexibility index (Phi) is 7.44. The maximum Gasteiger partial charge on any atom is 0.247 e. The van der Waals surface area contributed by atoms with Crippen LogP contribution >= 0.6 is 0 Å². The summed E-state index contributed by atoms with van der Waals surface area (Å²) < 4.78 is 20.3. The number of aryl methyl sites for hydroxylation is 1. The van der Waals surface area contributed by atoms with E-state index in [9.17, 15) is 14.0 Å². The molecule has 2 heterocycles. The zero-order valence-electron chi connectivity index (χ0n) is 21.0. The first-order valence-corrected chi connectivity index (χ1v) is 12.4. The van der Waals surface area contributed by atoms with Gasteiger partial charge < -0.3 is 15.0 Å². The number of halogens is 1. The second kappa shape index (κ2) is 11.2. The predicted molar refractivity (Wildman–Crippen MR) is 140 cm³/mol. The first-order valence-electron chi connectivity index (χ1n) is 12.4. The molecule has 0 bridgehead atoms. The Hall–Kier alpha value is -4.53. The number of hydrogen-bond donors (Lipinski definition) is 1. The van der Waals surface area contributed by atoms with Gasteiger partial charge in [0.15, 0.2) is 0 Å². The quantitative estimate of drug-likeness (QED) is 0.372. The van der Waals surface area contributed by atoms with Gasteiger partial charge in [0.2, 0.25) is 11.8 Å². The summed E-state index contributed by atoms with van der Waals surface area (Å²) in [4.78, 5) is 32.1. The standard InChI is InChI=1S/C29H28FN5O3/c1-20-3-2-4-21(13-20)14-22-15-27(35(16-22)28(36)17-34-19-31-18-32-34)29(37)33-24-7-11-26(12-8-24)38-25-9-5-23(30)6-10-25/h2-13,18-19,22,27H,14-17H2,1H3,(H,33,37)/t22?,27-/m0/s1. The molecule has 0 aliphatic carbocycles. The van der Waals surface area contributed by atoms with Crippen molar-refractivity contribution in [3.05, 3.63) is 102 Å². The molecule has 0 saturated carbocycles. The highest BCUT2D eigenvalue weighted by molar-refractivity contribution is 5.97. The van der Waals surface area contributed by atoms with Gasteiger partial charge in [0.05, 0.1) is 0 Å². The average Bonchev–Trinajstić information content (AvgIpc) is 3.57. The molecule has 1 fully saturated rings. The van der Waals surface area contributed by atoms with E-state index in [1.165, 1.54) is 40.6 Å². The third-order valence-corrected chi connectivity index (χ3v) is 6.55. The van der Waals surface area contributed by atoms with Crippen LogP contribution in [0.1, 0.15) is 17.5 Å². The number of aromatic nitrogens is 3. The molecule has 9 heteroatoms. The van der Waals surface area contributed by atoms with E-state index in [1.807, 2.05) is 6.07 Å². The van der Waals surface area contributed by atoms with E-state index in [0.29, 0.717) is 30.2 Å². The molecule has 0 spiro atoms. The van der Waals surface area contributed by atoms with Gasteiger partial charge in [-0.2, -0.15) is 5.10 Å². The fraction of sp³-hybridized carbons (Fsp3) is 0.241. The minimum absolute atomic E-state index is 0.0242. The fourth-order valence-corrected chi connectivity index (χ4v) is 4.78. The van der Waals surface area contributed by atoms with Crippen molar-refractivity contribution in [2.45, 2.75) is 32.4 Å². The SMILES string of the molecule is Cc1cccc(CC2C[C@@H](C(=O)Nc3ccc(Oc4ccc(F)cc4)cc3)N(C(=O)Cn3cncn3)C2)c1. The zero-order chi connectivity index (χ0) is 26.5. The Bertz CT molecular complexity index is 1390. The molecule has 38 heavy (non-hydrogen) atoms. The highest BCUT2D eigenvalue weighted by Crippen LogP contribution is 2.29. The lowest BCUT2D eigenvalue weighted by Crippen LogP contribution is -2.44. The molecular formula is C29H28FN5O3. The van der Waals surface area contributed by atoms with Gasteiger partial charge in [0.25, 0.3) is 0 Å². The Morgan fingerprint density at radius 2 is 1.79 bits per heavy atom. The maximum absolute atomic E-state index is 13.4.